The number of aromatic nitrogens is 3. The molecule has 0 spiro atoms. The van der Waals surface area contributed by atoms with Gasteiger partial charge < -0.3 is 5.32 Å². The first-order valence-electron chi connectivity index (χ1n) is 11.1. The third-order valence-electron chi connectivity index (χ3n) is 5.54. The fourth-order valence-corrected chi connectivity index (χ4v) is 4.69. The van der Waals surface area contributed by atoms with Gasteiger partial charge in [0.2, 0.25) is 0 Å². The highest BCUT2D eigenvalue weighted by Crippen LogP contribution is 2.32. The molecular weight excluding hydrogens is 528 g/mol. The van der Waals surface area contributed by atoms with Crippen molar-refractivity contribution >= 4 is 29.3 Å². The normalized spacial score (nSPS) is 12.4. The van der Waals surface area contributed by atoms with E-state index in [2.05, 4.69) is 15.5 Å². The predicted octanol–water partition coefficient (Wildman–Crippen LogP) is 7.17. The molecule has 4 aromatic rings. The molecular formula is C26H21ClF4N4OS. The van der Waals surface area contributed by atoms with Gasteiger partial charge in [0.15, 0.2) is 11.0 Å². The van der Waals surface area contributed by atoms with Gasteiger partial charge >= 0.3 is 6.18 Å². The third kappa shape index (κ3) is 6.31. The van der Waals surface area contributed by atoms with E-state index in [0.29, 0.717) is 27.4 Å². The summed E-state index contributed by atoms with van der Waals surface area (Å²) >= 11 is 7.62. The summed E-state index contributed by atoms with van der Waals surface area (Å²) in [6, 6.07) is 14.9. The maximum absolute atomic E-state index is 13.3. The van der Waals surface area contributed by atoms with Crippen molar-refractivity contribution in [1.29, 1.82) is 0 Å². The van der Waals surface area contributed by atoms with Crippen LogP contribution in [0.25, 0.3) is 5.69 Å². The first-order valence-corrected chi connectivity index (χ1v) is 12.5. The smallest absolute Gasteiger partial charge is 0.342 e. The molecule has 3 aromatic carbocycles. The van der Waals surface area contributed by atoms with Gasteiger partial charge in [0, 0.05) is 16.3 Å². The maximum atomic E-state index is 13.3. The molecule has 0 fully saturated rings. The lowest BCUT2D eigenvalue weighted by Gasteiger charge is -2.18. The molecule has 0 aliphatic rings. The van der Waals surface area contributed by atoms with Crippen LogP contribution in [0.5, 0.6) is 0 Å². The number of rotatable bonds is 7. The van der Waals surface area contributed by atoms with E-state index in [1.165, 1.54) is 36.0 Å². The average molecular weight is 549 g/mol. The van der Waals surface area contributed by atoms with E-state index < -0.39 is 23.7 Å². The maximum Gasteiger partial charge on any atom is 0.416 e. The van der Waals surface area contributed by atoms with Crippen molar-refractivity contribution in [3.63, 3.8) is 0 Å². The fraction of sp³-hybridized carbons (Fsp3) is 0.192. The number of nitrogens with one attached hydrogen (secondary N) is 1. The van der Waals surface area contributed by atoms with Crippen LogP contribution in [-0.4, -0.2) is 20.7 Å². The molecule has 4 rings (SSSR count). The van der Waals surface area contributed by atoms with Gasteiger partial charge in [0.1, 0.15) is 5.82 Å². The monoisotopic (exact) mass is 548 g/mol. The minimum Gasteiger partial charge on any atom is -0.342 e. The number of alkyl halides is 3. The number of nitrogens with zero attached hydrogens (tertiary/aromatic N) is 3. The standard InChI is InChI=1S/C26H21ClF4N4OS/c1-15-6-9-20(27)13-22(15)35-23(33-34-25(35)37-14-17-7-10-21(28)11-8-17)16(2)32-24(36)18-4-3-5-19(12-18)26(29,30)31/h3-13,16H,14H2,1-2H3,(H,32,36). The summed E-state index contributed by atoms with van der Waals surface area (Å²) in [5.74, 6) is -0.175. The molecule has 0 aliphatic heterocycles. The molecule has 1 amide bonds. The summed E-state index contributed by atoms with van der Waals surface area (Å²) < 4.78 is 54.3. The molecule has 0 radical (unpaired) electrons. The molecule has 1 unspecified atom stereocenters. The van der Waals surface area contributed by atoms with Crippen LogP contribution in [0, 0.1) is 12.7 Å². The van der Waals surface area contributed by atoms with Crippen molar-refractivity contribution in [2.24, 2.45) is 0 Å². The SMILES string of the molecule is Cc1ccc(Cl)cc1-n1c(SCc2ccc(F)cc2)nnc1C(C)NC(=O)c1cccc(C(F)(F)F)c1. The minimum atomic E-state index is -4.57. The zero-order valence-corrected chi connectivity index (χ0v) is 21.3. The molecule has 1 aromatic heterocycles. The number of carbonyl (C=O) groups excluding carboxylic acids is 1. The molecule has 11 heteroatoms. The van der Waals surface area contributed by atoms with E-state index in [1.54, 1.807) is 35.8 Å². The molecule has 192 valence electrons. The van der Waals surface area contributed by atoms with Crippen LogP contribution < -0.4 is 5.32 Å². The van der Waals surface area contributed by atoms with Crippen molar-refractivity contribution in [3.8, 4) is 5.69 Å². The lowest BCUT2D eigenvalue weighted by Crippen LogP contribution is -2.29. The number of amides is 1. The van der Waals surface area contributed by atoms with E-state index >= 15 is 0 Å². The van der Waals surface area contributed by atoms with E-state index in [1.807, 2.05) is 13.0 Å². The van der Waals surface area contributed by atoms with Crippen molar-refractivity contribution < 1.29 is 22.4 Å². The number of carbonyl (C=O) groups is 1. The first-order chi connectivity index (χ1) is 17.5. The van der Waals surface area contributed by atoms with E-state index in [-0.39, 0.29) is 11.4 Å². The zero-order chi connectivity index (χ0) is 26.7. The second kappa shape index (κ2) is 10.9. The summed E-state index contributed by atoms with van der Waals surface area (Å²) in [5, 5.41) is 12.3. The third-order valence-corrected chi connectivity index (χ3v) is 6.77. The second-order valence-electron chi connectivity index (χ2n) is 8.30. The number of hydrogen-bond donors (Lipinski definition) is 1. The highest BCUT2D eigenvalue weighted by atomic mass is 35.5. The number of thioether (sulfide) groups is 1. The topological polar surface area (TPSA) is 59.8 Å². The molecule has 5 nitrogen and oxygen atoms in total. The highest BCUT2D eigenvalue weighted by molar-refractivity contribution is 7.98. The molecule has 0 aliphatic carbocycles. The lowest BCUT2D eigenvalue weighted by atomic mass is 10.1. The summed E-state index contributed by atoms with van der Waals surface area (Å²) in [6.45, 7) is 3.55. The van der Waals surface area contributed by atoms with Crippen LogP contribution in [0.3, 0.4) is 0 Å². The Kier molecular flexibility index (Phi) is 7.89. The van der Waals surface area contributed by atoms with Crippen LogP contribution in [0.4, 0.5) is 17.6 Å². The van der Waals surface area contributed by atoms with E-state index in [4.69, 9.17) is 11.6 Å². The van der Waals surface area contributed by atoms with Crippen LogP contribution in [0.15, 0.2) is 71.9 Å². The minimum absolute atomic E-state index is 0.127. The molecule has 1 atom stereocenters. The van der Waals surface area contributed by atoms with Gasteiger partial charge in [0.05, 0.1) is 17.3 Å². The van der Waals surface area contributed by atoms with E-state index in [9.17, 15) is 22.4 Å². The van der Waals surface area contributed by atoms with Crippen molar-refractivity contribution in [2.75, 3.05) is 0 Å². The summed E-state index contributed by atoms with van der Waals surface area (Å²) in [6.07, 6.45) is -4.57. The number of hydrogen-bond acceptors (Lipinski definition) is 4. The molecule has 0 saturated heterocycles. The largest absolute Gasteiger partial charge is 0.416 e. The van der Waals surface area contributed by atoms with Crippen molar-refractivity contribution in [2.45, 2.75) is 37.0 Å². The Bertz CT molecular complexity index is 1420. The van der Waals surface area contributed by atoms with Crippen LogP contribution >= 0.6 is 23.4 Å². The molecule has 1 heterocycles. The molecule has 1 N–H and O–H groups in total. The van der Waals surface area contributed by atoms with Gasteiger partial charge in [-0.1, -0.05) is 47.6 Å². The average Bonchev–Trinajstić information content (AvgIpc) is 3.28. The molecule has 0 saturated carbocycles. The van der Waals surface area contributed by atoms with Gasteiger partial charge in [-0.3, -0.25) is 9.36 Å². The van der Waals surface area contributed by atoms with Crippen LogP contribution in [0.2, 0.25) is 5.02 Å². The fourth-order valence-electron chi connectivity index (χ4n) is 3.61. The summed E-state index contributed by atoms with van der Waals surface area (Å²) in [7, 11) is 0. The Morgan fingerprint density at radius 1 is 1.08 bits per heavy atom. The Hall–Kier alpha value is -3.37. The van der Waals surface area contributed by atoms with Crippen LogP contribution in [0.1, 0.15) is 45.8 Å². The van der Waals surface area contributed by atoms with Gasteiger partial charge in [0.25, 0.3) is 5.91 Å². The zero-order valence-electron chi connectivity index (χ0n) is 19.7. The van der Waals surface area contributed by atoms with Gasteiger partial charge in [-0.2, -0.15) is 13.2 Å². The van der Waals surface area contributed by atoms with Gasteiger partial charge in [-0.05, 0) is 67.4 Å². The second-order valence-corrected chi connectivity index (χ2v) is 9.67. The Labute approximate surface area is 219 Å². The van der Waals surface area contributed by atoms with Crippen LogP contribution in [-0.2, 0) is 11.9 Å². The number of aryl methyl sites for hydroxylation is 1. The lowest BCUT2D eigenvalue weighted by molar-refractivity contribution is -0.137. The van der Waals surface area contributed by atoms with Crippen molar-refractivity contribution in [3.05, 3.63) is 106 Å². The predicted molar refractivity (Wildman–Crippen MR) is 134 cm³/mol. The van der Waals surface area contributed by atoms with Crippen molar-refractivity contribution in [1.82, 2.24) is 20.1 Å². The number of benzene rings is 3. The van der Waals surface area contributed by atoms with E-state index in [0.717, 1.165) is 23.3 Å². The highest BCUT2D eigenvalue weighted by Gasteiger charge is 2.31. The Morgan fingerprint density at radius 2 is 1.81 bits per heavy atom. The Balaban J connectivity index is 1.65. The summed E-state index contributed by atoms with van der Waals surface area (Å²) in [4.78, 5) is 12.8. The molecule has 37 heavy (non-hydrogen) atoms. The molecule has 0 bridgehead atoms. The Morgan fingerprint density at radius 3 is 2.51 bits per heavy atom. The summed E-state index contributed by atoms with van der Waals surface area (Å²) in [5.41, 5.74) is 1.39. The van der Waals surface area contributed by atoms with Gasteiger partial charge in [-0.15, -0.1) is 10.2 Å². The van der Waals surface area contributed by atoms with Gasteiger partial charge in [-0.25, -0.2) is 4.39 Å². The first kappa shape index (κ1) is 26.7. The number of halogens is 5. The quantitative estimate of drug-likeness (QED) is 0.196.